The molecule has 0 saturated heterocycles. The van der Waals surface area contributed by atoms with E-state index in [1.54, 1.807) is 0 Å². The minimum absolute atomic E-state index is 0.0486. The van der Waals surface area contributed by atoms with Crippen molar-refractivity contribution in [3.63, 3.8) is 0 Å². The van der Waals surface area contributed by atoms with Crippen molar-refractivity contribution in [2.24, 2.45) is 11.7 Å². The predicted molar refractivity (Wildman–Crippen MR) is 87.0 cm³/mol. The van der Waals surface area contributed by atoms with Gasteiger partial charge in [-0.15, -0.1) is 0 Å². The summed E-state index contributed by atoms with van der Waals surface area (Å²) in [5, 5.41) is 6.32. The van der Waals surface area contributed by atoms with Crippen LogP contribution >= 0.6 is 0 Å². The Hall–Kier alpha value is -2.42. The lowest BCUT2D eigenvalue weighted by Crippen LogP contribution is -2.44. The zero-order valence-corrected chi connectivity index (χ0v) is 13.9. The number of alkyl halides is 3. The summed E-state index contributed by atoms with van der Waals surface area (Å²) >= 11 is 0. The molecule has 9 heteroatoms. The van der Waals surface area contributed by atoms with Crippen LogP contribution in [-0.2, 0) is 6.18 Å². The molecular weight excluding hydrogens is 349 g/mol. The Kier molecular flexibility index (Phi) is 5.26. The summed E-state index contributed by atoms with van der Waals surface area (Å²) in [7, 11) is 0. The molecule has 0 spiro atoms. The first-order valence-corrected chi connectivity index (χ1v) is 8.40. The summed E-state index contributed by atoms with van der Waals surface area (Å²) in [5.74, 6) is -1.54. The maximum absolute atomic E-state index is 12.5. The van der Waals surface area contributed by atoms with Gasteiger partial charge in [0, 0.05) is 17.2 Å². The molecule has 0 aliphatic heterocycles. The van der Waals surface area contributed by atoms with Gasteiger partial charge in [0.25, 0.3) is 5.91 Å². The molecule has 0 radical (unpaired) electrons. The minimum atomic E-state index is -4.69. The Morgan fingerprint density at radius 3 is 2.54 bits per heavy atom. The number of amides is 1. The highest BCUT2D eigenvalue weighted by Crippen LogP contribution is 2.29. The van der Waals surface area contributed by atoms with Crippen LogP contribution in [-0.4, -0.2) is 28.6 Å². The van der Waals surface area contributed by atoms with Crippen LogP contribution in [0, 0.1) is 5.92 Å². The van der Waals surface area contributed by atoms with E-state index in [4.69, 9.17) is 5.73 Å². The number of hydrogen-bond donors (Lipinski definition) is 2. The van der Waals surface area contributed by atoms with Gasteiger partial charge in [0.2, 0.25) is 5.82 Å². The number of benzene rings is 1. The number of nitrogens with one attached hydrogen (secondary N) is 1. The van der Waals surface area contributed by atoms with Crippen LogP contribution in [0.15, 0.2) is 28.8 Å². The van der Waals surface area contributed by atoms with Gasteiger partial charge < -0.3 is 15.6 Å². The molecule has 1 amide bonds. The highest BCUT2D eigenvalue weighted by Gasteiger charge is 2.38. The first-order chi connectivity index (χ1) is 12.4. The van der Waals surface area contributed by atoms with Crippen molar-refractivity contribution in [1.29, 1.82) is 0 Å². The van der Waals surface area contributed by atoms with E-state index in [1.165, 1.54) is 24.3 Å². The number of aromatic nitrogens is 2. The molecule has 2 unspecified atom stereocenters. The summed E-state index contributed by atoms with van der Waals surface area (Å²) in [4.78, 5) is 15.7. The van der Waals surface area contributed by atoms with E-state index < -0.39 is 12.1 Å². The topological polar surface area (TPSA) is 94.0 Å². The van der Waals surface area contributed by atoms with Gasteiger partial charge in [0.15, 0.2) is 0 Å². The molecule has 1 saturated carbocycles. The molecule has 2 atom stereocenters. The van der Waals surface area contributed by atoms with Crippen LogP contribution < -0.4 is 11.1 Å². The maximum Gasteiger partial charge on any atom is 0.471 e. The van der Waals surface area contributed by atoms with E-state index in [2.05, 4.69) is 20.0 Å². The van der Waals surface area contributed by atoms with Gasteiger partial charge in [-0.3, -0.25) is 4.79 Å². The van der Waals surface area contributed by atoms with Crippen molar-refractivity contribution in [3.05, 3.63) is 35.7 Å². The molecule has 3 rings (SSSR count). The number of halogens is 3. The number of nitrogens with two attached hydrogens (primary N) is 1. The Morgan fingerprint density at radius 2 is 1.92 bits per heavy atom. The zero-order chi connectivity index (χ0) is 18.7. The fourth-order valence-corrected chi connectivity index (χ4v) is 3.16. The molecule has 1 aromatic heterocycles. The molecule has 1 aromatic carbocycles. The lowest BCUT2D eigenvalue weighted by molar-refractivity contribution is -0.159. The molecule has 1 fully saturated rings. The van der Waals surface area contributed by atoms with Crippen LogP contribution in [0.25, 0.3) is 11.4 Å². The molecule has 1 heterocycles. The van der Waals surface area contributed by atoms with Gasteiger partial charge in [0.1, 0.15) is 0 Å². The third kappa shape index (κ3) is 4.04. The molecule has 0 bridgehead atoms. The smallest absolute Gasteiger partial charge is 0.349 e. The first kappa shape index (κ1) is 18.4. The largest absolute Gasteiger partial charge is 0.471 e. The van der Waals surface area contributed by atoms with Crippen molar-refractivity contribution < 1.29 is 22.5 Å². The summed E-state index contributed by atoms with van der Waals surface area (Å²) in [6, 6.07) is 6.07. The Balaban J connectivity index is 1.69. The predicted octanol–water partition coefficient (Wildman–Crippen LogP) is 3.00. The van der Waals surface area contributed by atoms with Crippen molar-refractivity contribution >= 4 is 5.91 Å². The minimum Gasteiger partial charge on any atom is -0.349 e. The van der Waals surface area contributed by atoms with Gasteiger partial charge in [-0.25, -0.2) is 0 Å². The SMILES string of the molecule is NCC1CCCCC1NC(=O)c1ccc(-c2noc(C(F)(F)F)n2)cc1. The highest BCUT2D eigenvalue weighted by molar-refractivity contribution is 5.94. The second-order valence-electron chi connectivity index (χ2n) is 6.36. The second-order valence-corrected chi connectivity index (χ2v) is 6.36. The summed E-state index contributed by atoms with van der Waals surface area (Å²) in [6.45, 7) is 0.531. The molecule has 6 nitrogen and oxygen atoms in total. The number of carbonyl (C=O) groups excluding carboxylic acids is 1. The molecular formula is C17H19F3N4O2. The quantitative estimate of drug-likeness (QED) is 0.865. The van der Waals surface area contributed by atoms with Gasteiger partial charge in [-0.2, -0.15) is 18.2 Å². The van der Waals surface area contributed by atoms with Crippen molar-refractivity contribution in [2.75, 3.05) is 6.54 Å². The standard InChI is InChI=1S/C17H19F3N4O2/c18-17(19,20)16-23-14(24-26-16)10-5-7-11(8-6-10)15(25)22-13-4-2-1-3-12(13)9-21/h5-8,12-13H,1-4,9,21H2,(H,22,25). The highest BCUT2D eigenvalue weighted by atomic mass is 19.4. The molecule has 140 valence electrons. The van der Waals surface area contributed by atoms with E-state index in [0.717, 1.165) is 25.7 Å². The van der Waals surface area contributed by atoms with Crippen LogP contribution in [0.5, 0.6) is 0 Å². The van der Waals surface area contributed by atoms with Crippen molar-refractivity contribution in [2.45, 2.75) is 37.9 Å². The fourth-order valence-electron chi connectivity index (χ4n) is 3.16. The van der Waals surface area contributed by atoms with Crippen LogP contribution in [0.2, 0.25) is 0 Å². The van der Waals surface area contributed by atoms with Gasteiger partial charge in [-0.1, -0.05) is 30.1 Å². The second kappa shape index (κ2) is 7.45. The van der Waals surface area contributed by atoms with Crippen LogP contribution in [0.3, 0.4) is 0 Å². The molecule has 1 aliphatic rings. The zero-order valence-electron chi connectivity index (χ0n) is 13.9. The van der Waals surface area contributed by atoms with E-state index in [9.17, 15) is 18.0 Å². The lowest BCUT2D eigenvalue weighted by atomic mass is 9.84. The molecule has 2 aromatic rings. The maximum atomic E-state index is 12.5. The normalized spacial score (nSPS) is 20.8. The van der Waals surface area contributed by atoms with E-state index in [1.807, 2.05) is 0 Å². The average Bonchev–Trinajstić information content (AvgIpc) is 3.13. The van der Waals surface area contributed by atoms with Gasteiger partial charge >= 0.3 is 12.1 Å². The summed E-state index contributed by atoms with van der Waals surface area (Å²) in [5.41, 5.74) is 6.51. The molecule has 3 N–H and O–H groups in total. The number of carbonyl (C=O) groups is 1. The van der Waals surface area contributed by atoms with E-state index in [-0.39, 0.29) is 23.7 Å². The van der Waals surface area contributed by atoms with Crippen LogP contribution in [0.4, 0.5) is 13.2 Å². The van der Waals surface area contributed by atoms with E-state index in [0.29, 0.717) is 17.7 Å². The van der Waals surface area contributed by atoms with Crippen molar-refractivity contribution in [3.8, 4) is 11.4 Å². The lowest BCUT2D eigenvalue weighted by Gasteiger charge is -2.31. The van der Waals surface area contributed by atoms with Gasteiger partial charge in [-0.05, 0) is 37.4 Å². The third-order valence-corrected chi connectivity index (χ3v) is 4.60. The third-order valence-electron chi connectivity index (χ3n) is 4.60. The number of rotatable bonds is 4. The molecule has 26 heavy (non-hydrogen) atoms. The summed E-state index contributed by atoms with van der Waals surface area (Å²) in [6.07, 6.45) is -0.619. The summed E-state index contributed by atoms with van der Waals surface area (Å²) < 4.78 is 41.7. The van der Waals surface area contributed by atoms with Gasteiger partial charge in [0.05, 0.1) is 0 Å². The monoisotopic (exact) mass is 368 g/mol. The Bertz CT molecular complexity index is 758. The first-order valence-electron chi connectivity index (χ1n) is 8.40. The average molecular weight is 368 g/mol. The fraction of sp³-hybridized carbons (Fsp3) is 0.471. The number of nitrogens with zero attached hydrogens (tertiary/aromatic N) is 2. The number of hydrogen-bond acceptors (Lipinski definition) is 5. The Labute approximate surface area is 148 Å². The van der Waals surface area contributed by atoms with Crippen molar-refractivity contribution in [1.82, 2.24) is 15.5 Å². The molecule has 1 aliphatic carbocycles. The van der Waals surface area contributed by atoms with Crippen LogP contribution in [0.1, 0.15) is 41.9 Å². The van der Waals surface area contributed by atoms with E-state index >= 15 is 0 Å². The Morgan fingerprint density at radius 1 is 1.23 bits per heavy atom.